The second-order valence-corrected chi connectivity index (χ2v) is 7.57. The third-order valence-corrected chi connectivity index (χ3v) is 5.71. The van der Waals surface area contributed by atoms with Gasteiger partial charge in [-0.15, -0.1) is 10.2 Å². The molecule has 28 heavy (non-hydrogen) atoms. The minimum Gasteiger partial charge on any atom is -0.376 e. The predicted molar refractivity (Wildman–Crippen MR) is 107 cm³/mol. The largest absolute Gasteiger partial charge is 0.376 e. The highest BCUT2D eigenvalue weighted by molar-refractivity contribution is 7.98. The Balaban J connectivity index is 1.61. The summed E-state index contributed by atoms with van der Waals surface area (Å²) in [6.45, 7) is 1.46. The van der Waals surface area contributed by atoms with Crippen LogP contribution in [-0.2, 0) is 17.0 Å². The Morgan fingerprint density at radius 1 is 1.14 bits per heavy atom. The minimum atomic E-state index is -0.401. The molecule has 0 bridgehead atoms. The first-order valence-corrected chi connectivity index (χ1v) is 10.2. The van der Waals surface area contributed by atoms with E-state index in [0.29, 0.717) is 12.4 Å². The molecular formula is C20H20N4O3S. The van der Waals surface area contributed by atoms with E-state index in [9.17, 15) is 10.1 Å². The van der Waals surface area contributed by atoms with E-state index in [0.717, 1.165) is 35.9 Å². The fraction of sp³-hybridized carbons (Fsp3) is 0.300. The van der Waals surface area contributed by atoms with Gasteiger partial charge in [-0.2, -0.15) is 0 Å². The number of non-ortho nitro benzene ring substituents is 1. The van der Waals surface area contributed by atoms with E-state index in [1.165, 1.54) is 17.7 Å². The van der Waals surface area contributed by atoms with E-state index in [1.54, 1.807) is 23.9 Å². The molecule has 2 heterocycles. The number of nitro groups is 1. The molecule has 3 aromatic rings. The summed E-state index contributed by atoms with van der Waals surface area (Å²) < 4.78 is 7.88. The van der Waals surface area contributed by atoms with Gasteiger partial charge in [-0.3, -0.25) is 14.7 Å². The van der Waals surface area contributed by atoms with Crippen molar-refractivity contribution in [2.75, 3.05) is 6.61 Å². The first-order valence-electron chi connectivity index (χ1n) is 9.17. The zero-order valence-electron chi connectivity index (χ0n) is 15.2. The van der Waals surface area contributed by atoms with Crippen molar-refractivity contribution in [1.82, 2.24) is 14.8 Å². The molecule has 0 radical (unpaired) electrons. The van der Waals surface area contributed by atoms with Crippen molar-refractivity contribution < 1.29 is 9.66 Å². The molecule has 1 aromatic heterocycles. The third-order valence-electron chi connectivity index (χ3n) is 4.67. The second kappa shape index (κ2) is 8.53. The molecule has 8 heteroatoms. The van der Waals surface area contributed by atoms with E-state index in [-0.39, 0.29) is 11.8 Å². The Kier molecular flexibility index (Phi) is 5.68. The van der Waals surface area contributed by atoms with Gasteiger partial charge >= 0.3 is 0 Å². The van der Waals surface area contributed by atoms with Gasteiger partial charge in [0.25, 0.3) is 5.69 Å². The van der Waals surface area contributed by atoms with Gasteiger partial charge in [0.15, 0.2) is 11.0 Å². The van der Waals surface area contributed by atoms with E-state index in [1.807, 2.05) is 18.2 Å². The van der Waals surface area contributed by atoms with Gasteiger partial charge in [-0.1, -0.05) is 42.1 Å². The lowest BCUT2D eigenvalue weighted by Crippen LogP contribution is -2.16. The fourth-order valence-electron chi connectivity index (χ4n) is 3.22. The van der Waals surface area contributed by atoms with Crippen LogP contribution < -0.4 is 0 Å². The van der Waals surface area contributed by atoms with Crippen LogP contribution in [0.15, 0.2) is 59.8 Å². The maximum Gasteiger partial charge on any atom is 0.269 e. The molecule has 0 aliphatic carbocycles. The number of rotatable bonds is 7. The lowest BCUT2D eigenvalue weighted by molar-refractivity contribution is -0.384. The Morgan fingerprint density at radius 2 is 1.93 bits per heavy atom. The Morgan fingerprint density at radius 3 is 2.61 bits per heavy atom. The second-order valence-electron chi connectivity index (χ2n) is 6.63. The van der Waals surface area contributed by atoms with E-state index < -0.39 is 4.92 Å². The van der Waals surface area contributed by atoms with Crippen LogP contribution in [0.5, 0.6) is 0 Å². The van der Waals surface area contributed by atoms with Crippen molar-refractivity contribution in [3.63, 3.8) is 0 Å². The number of hydrogen-bond acceptors (Lipinski definition) is 6. The molecule has 1 aliphatic heterocycles. The Hall–Kier alpha value is -2.71. The number of thioether (sulfide) groups is 1. The van der Waals surface area contributed by atoms with Crippen LogP contribution in [0, 0.1) is 10.1 Å². The normalized spacial score (nSPS) is 16.4. The maximum absolute atomic E-state index is 10.9. The molecule has 1 unspecified atom stereocenters. The Labute approximate surface area is 166 Å². The SMILES string of the molecule is O=[N+]([O-])c1ccc(-c2nnc(SCc3ccccc3)n2CC2CCCO2)cc1. The summed E-state index contributed by atoms with van der Waals surface area (Å²) in [6.07, 6.45) is 2.22. The van der Waals surface area contributed by atoms with E-state index in [2.05, 4.69) is 26.9 Å². The van der Waals surface area contributed by atoms with Gasteiger partial charge in [0, 0.05) is 30.1 Å². The maximum atomic E-state index is 10.9. The lowest BCUT2D eigenvalue weighted by atomic mass is 10.2. The van der Waals surface area contributed by atoms with Crippen LogP contribution in [0.4, 0.5) is 5.69 Å². The zero-order valence-corrected chi connectivity index (χ0v) is 16.0. The smallest absolute Gasteiger partial charge is 0.269 e. The van der Waals surface area contributed by atoms with Crippen LogP contribution >= 0.6 is 11.8 Å². The molecule has 0 saturated carbocycles. The molecule has 1 fully saturated rings. The first-order chi connectivity index (χ1) is 13.7. The van der Waals surface area contributed by atoms with Gasteiger partial charge in [0.05, 0.1) is 17.6 Å². The molecule has 0 N–H and O–H groups in total. The molecule has 0 spiro atoms. The molecule has 4 rings (SSSR count). The van der Waals surface area contributed by atoms with Crippen LogP contribution in [-0.4, -0.2) is 32.4 Å². The number of ether oxygens (including phenoxy) is 1. The van der Waals surface area contributed by atoms with Gasteiger partial charge in [0.2, 0.25) is 0 Å². The summed E-state index contributed by atoms with van der Waals surface area (Å²) in [5.41, 5.74) is 2.09. The van der Waals surface area contributed by atoms with E-state index >= 15 is 0 Å². The summed E-state index contributed by atoms with van der Waals surface area (Å²) in [4.78, 5) is 10.5. The van der Waals surface area contributed by atoms with Crippen LogP contribution in [0.3, 0.4) is 0 Å². The first kappa shape index (κ1) is 18.6. The van der Waals surface area contributed by atoms with Gasteiger partial charge < -0.3 is 4.74 Å². The highest BCUT2D eigenvalue weighted by Crippen LogP contribution is 2.29. The number of benzene rings is 2. The molecule has 1 saturated heterocycles. The molecule has 2 aromatic carbocycles. The van der Waals surface area contributed by atoms with Crippen molar-refractivity contribution in [2.24, 2.45) is 0 Å². The van der Waals surface area contributed by atoms with E-state index in [4.69, 9.17) is 4.74 Å². The summed E-state index contributed by atoms with van der Waals surface area (Å²) in [7, 11) is 0. The topological polar surface area (TPSA) is 83.1 Å². The van der Waals surface area contributed by atoms with Gasteiger partial charge in [-0.05, 0) is 30.5 Å². The van der Waals surface area contributed by atoms with Crippen molar-refractivity contribution in [1.29, 1.82) is 0 Å². The predicted octanol–water partition coefficient (Wildman–Crippen LogP) is 4.32. The number of aromatic nitrogens is 3. The third kappa shape index (κ3) is 4.23. The molecule has 1 atom stereocenters. The monoisotopic (exact) mass is 396 g/mol. The van der Waals surface area contributed by atoms with Crippen LogP contribution in [0.25, 0.3) is 11.4 Å². The molecule has 7 nitrogen and oxygen atoms in total. The standard InChI is InChI=1S/C20H20N4O3S/c25-24(26)17-10-8-16(9-11-17)19-21-22-20(23(19)13-18-7-4-12-27-18)28-14-15-5-2-1-3-6-15/h1-3,5-6,8-11,18H,4,7,12-14H2. The lowest BCUT2D eigenvalue weighted by Gasteiger charge is -2.14. The molecular weight excluding hydrogens is 376 g/mol. The molecule has 0 amide bonds. The van der Waals surface area contributed by atoms with Crippen LogP contribution in [0.2, 0.25) is 0 Å². The quantitative estimate of drug-likeness (QED) is 0.336. The number of hydrogen-bond donors (Lipinski definition) is 0. The summed E-state index contributed by atoms with van der Waals surface area (Å²) in [5.74, 6) is 1.51. The number of nitrogens with zero attached hydrogens (tertiary/aromatic N) is 4. The average molecular weight is 396 g/mol. The fourth-order valence-corrected chi connectivity index (χ4v) is 4.12. The van der Waals surface area contributed by atoms with Crippen molar-refractivity contribution in [2.45, 2.75) is 36.4 Å². The highest BCUT2D eigenvalue weighted by atomic mass is 32.2. The Bertz CT molecular complexity index is 938. The zero-order chi connectivity index (χ0) is 19.3. The molecule has 144 valence electrons. The van der Waals surface area contributed by atoms with Gasteiger partial charge in [-0.25, -0.2) is 0 Å². The number of nitro benzene ring substituents is 1. The highest BCUT2D eigenvalue weighted by Gasteiger charge is 2.22. The van der Waals surface area contributed by atoms with Crippen molar-refractivity contribution in [3.05, 3.63) is 70.3 Å². The van der Waals surface area contributed by atoms with Crippen LogP contribution in [0.1, 0.15) is 18.4 Å². The summed E-state index contributed by atoms with van der Waals surface area (Å²) >= 11 is 1.63. The summed E-state index contributed by atoms with van der Waals surface area (Å²) in [5, 5.41) is 20.5. The van der Waals surface area contributed by atoms with Crippen molar-refractivity contribution >= 4 is 17.4 Å². The summed E-state index contributed by atoms with van der Waals surface area (Å²) in [6, 6.07) is 16.7. The van der Waals surface area contributed by atoms with Crippen molar-refractivity contribution in [3.8, 4) is 11.4 Å². The van der Waals surface area contributed by atoms with Gasteiger partial charge in [0.1, 0.15) is 0 Å². The average Bonchev–Trinajstić information content (AvgIpc) is 3.38. The minimum absolute atomic E-state index is 0.0626. The molecule has 1 aliphatic rings.